The summed E-state index contributed by atoms with van der Waals surface area (Å²) in [5, 5.41) is 0. The van der Waals surface area contributed by atoms with E-state index in [0.717, 1.165) is 18.4 Å². The zero-order valence-electron chi connectivity index (χ0n) is 11.7. The smallest absolute Gasteiger partial charge is 0.222 e. The summed E-state index contributed by atoms with van der Waals surface area (Å²) in [4.78, 5) is 8.01. The summed E-state index contributed by atoms with van der Waals surface area (Å²) in [5.74, 6) is 6.53. The molecule has 0 amide bonds. The van der Waals surface area contributed by atoms with Crippen molar-refractivity contribution in [2.45, 2.75) is 25.2 Å². The van der Waals surface area contributed by atoms with E-state index < -0.39 is 0 Å². The molecule has 4 N–H and O–H groups in total. The highest BCUT2D eigenvalue weighted by atomic mass is 19.1. The number of hydrogen-bond donors (Lipinski definition) is 2. The van der Waals surface area contributed by atoms with Gasteiger partial charge in [0.1, 0.15) is 11.6 Å². The van der Waals surface area contributed by atoms with E-state index in [4.69, 9.17) is 11.5 Å². The second kappa shape index (κ2) is 4.74. The fraction of sp³-hybridized carbons (Fsp3) is 0.250. The first-order valence-corrected chi connectivity index (χ1v) is 6.69. The minimum atomic E-state index is -0.241. The number of benzene rings is 1. The van der Waals surface area contributed by atoms with Crippen LogP contribution in [0, 0.1) is 24.6 Å². The highest BCUT2D eigenvalue weighted by molar-refractivity contribution is 5.57. The maximum absolute atomic E-state index is 13.0. The Labute approximate surface area is 122 Å². The molecule has 1 aromatic carbocycles. The number of rotatable bonds is 1. The highest BCUT2D eigenvalue weighted by Crippen LogP contribution is 2.47. The lowest BCUT2D eigenvalue weighted by Gasteiger charge is -2.08. The predicted molar refractivity (Wildman–Crippen MR) is 79.8 cm³/mol. The lowest BCUT2D eigenvalue weighted by molar-refractivity contribution is 0.626. The van der Waals surface area contributed by atoms with E-state index in [0.29, 0.717) is 17.1 Å². The van der Waals surface area contributed by atoms with Crippen LogP contribution in [0.15, 0.2) is 24.3 Å². The van der Waals surface area contributed by atoms with E-state index in [1.807, 2.05) is 0 Å². The molecule has 1 saturated carbocycles. The molecule has 0 saturated heterocycles. The molecule has 106 valence electrons. The van der Waals surface area contributed by atoms with Crippen molar-refractivity contribution in [2.75, 3.05) is 11.5 Å². The Morgan fingerprint density at radius 2 is 1.81 bits per heavy atom. The van der Waals surface area contributed by atoms with Crippen LogP contribution in [0.1, 0.15) is 29.7 Å². The van der Waals surface area contributed by atoms with E-state index in [-0.39, 0.29) is 17.2 Å². The molecule has 1 aromatic heterocycles. The zero-order valence-corrected chi connectivity index (χ0v) is 11.7. The van der Waals surface area contributed by atoms with Crippen molar-refractivity contribution in [1.29, 1.82) is 0 Å². The fourth-order valence-corrected chi connectivity index (χ4v) is 2.33. The first-order valence-electron chi connectivity index (χ1n) is 6.69. The van der Waals surface area contributed by atoms with Gasteiger partial charge < -0.3 is 11.5 Å². The molecule has 0 radical (unpaired) electrons. The molecule has 0 bridgehead atoms. The van der Waals surface area contributed by atoms with Crippen LogP contribution in [0.3, 0.4) is 0 Å². The maximum Gasteiger partial charge on any atom is 0.222 e. The Hall–Kier alpha value is -2.61. The number of hydrogen-bond acceptors (Lipinski definition) is 4. The molecule has 4 nitrogen and oxygen atoms in total. The van der Waals surface area contributed by atoms with Crippen molar-refractivity contribution >= 4 is 11.8 Å². The lowest BCUT2D eigenvalue weighted by Crippen LogP contribution is -2.06. The van der Waals surface area contributed by atoms with Crippen LogP contribution in [-0.4, -0.2) is 9.97 Å². The molecule has 0 spiro atoms. The van der Waals surface area contributed by atoms with Crippen LogP contribution in [0.4, 0.5) is 16.2 Å². The zero-order chi connectivity index (χ0) is 15.0. The van der Waals surface area contributed by atoms with Gasteiger partial charge >= 0.3 is 0 Å². The summed E-state index contributed by atoms with van der Waals surface area (Å²) >= 11 is 0. The third kappa shape index (κ3) is 2.52. The van der Waals surface area contributed by atoms with Gasteiger partial charge in [0.2, 0.25) is 5.95 Å². The van der Waals surface area contributed by atoms with E-state index in [1.165, 1.54) is 12.1 Å². The van der Waals surface area contributed by atoms with Crippen LogP contribution in [-0.2, 0) is 5.41 Å². The third-order valence-corrected chi connectivity index (χ3v) is 3.71. The lowest BCUT2D eigenvalue weighted by atomic mass is 9.96. The van der Waals surface area contributed by atoms with Gasteiger partial charge in [-0.1, -0.05) is 24.0 Å². The van der Waals surface area contributed by atoms with Crippen molar-refractivity contribution < 1.29 is 4.39 Å². The Kier molecular flexibility index (Phi) is 3.02. The van der Waals surface area contributed by atoms with Gasteiger partial charge in [-0.15, -0.1) is 0 Å². The molecular weight excluding hydrogens is 267 g/mol. The van der Waals surface area contributed by atoms with Crippen LogP contribution >= 0.6 is 0 Å². The van der Waals surface area contributed by atoms with Gasteiger partial charge in [-0.3, -0.25) is 0 Å². The summed E-state index contributed by atoms with van der Waals surface area (Å²) < 4.78 is 13.0. The number of nitrogen functional groups attached to an aromatic ring is 2. The van der Waals surface area contributed by atoms with E-state index >= 15 is 0 Å². The number of nitrogens with zero attached hydrogens (tertiary/aromatic N) is 2. The van der Waals surface area contributed by atoms with Crippen molar-refractivity contribution in [3.63, 3.8) is 0 Å². The SMILES string of the molecule is Cc1nc(N)nc(N)c1C#CC1(c2ccc(F)cc2)CC1. The maximum atomic E-state index is 13.0. The summed E-state index contributed by atoms with van der Waals surface area (Å²) in [5.41, 5.74) is 13.5. The van der Waals surface area contributed by atoms with Gasteiger partial charge in [-0.25, -0.2) is 9.37 Å². The van der Waals surface area contributed by atoms with Gasteiger partial charge in [0.25, 0.3) is 0 Å². The second-order valence-electron chi connectivity index (χ2n) is 5.27. The summed E-state index contributed by atoms with van der Waals surface area (Å²) in [6.07, 6.45) is 1.92. The van der Waals surface area contributed by atoms with Crippen molar-refractivity contribution in [3.05, 3.63) is 46.9 Å². The Morgan fingerprint density at radius 3 is 2.38 bits per heavy atom. The van der Waals surface area contributed by atoms with Crippen molar-refractivity contribution in [1.82, 2.24) is 9.97 Å². The Bertz CT molecular complexity index is 729. The molecule has 1 aliphatic rings. The average Bonchev–Trinajstić information content (AvgIpc) is 3.19. The van der Waals surface area contributed by atoms with Crippen molar-refractivity contribution in [3.8, 4) is 11.8 Å². The Morgan fingerprint density at radius 1 is 1.14 bits per heavy atom. The minimum Gasteiger partial charge on any atom is -0.382 e. The third-order valence-electron chi connectivity index (χ3n) is 3.71. The topological polar surface area (TPSA) is 77.8 Å². The number of aromatic nitrogens is 2. The van der Waals surface area contributed by atoms with Gasteiger partial charge in [0, 0.05) is 0 Å². The first-order chi connectivity index (χ1) is 10.00. The molecule has 3 rings (SSSR count). The molecule has 1 aliphatic carbocycles. The fourth-order valence-electron chi connectivity index (χ4n) is 2.33. The molecule has 0 unspecified atom stereocenters. The Balaban J connectivity index is 1.96. The molecule has 2 aromatic rings. The molecule has 1 heterocycles. The van der Waals surface area contributed by atoms with Gasteiger partial charge in [-0.05, 0) is 37.5 Å². The molecule has 5 heteroatoms. The van der Waals surface area contributed by atoms with E-state index in [2.05, 4.69) is 21.8 Å². The minimum absolute atomic E-state index is 0.148. The van der Waals surface area contributed by atoms with Crippen LogP contribution < -0.4 is 11.5 Å². The number of halogens is 1. The van der Waals surface area contributed by atoms with Crippen molar-refractivity contribution in [2.24, 2.45) is 0 Å². The summed E-state index contributed by atoms with van der Waals surface area (Å²) in [6, 6.07) is 6.49. The number of anilines is 2. The molecule has 0 atom stereocenters. The van der Waals surface area contributed by atoms with Crippen LogP contribution in [0.25, 0.3) is 0 Å². The monoisotopic (exact) mass is 282 g/mol. The molecule has 21 heavy (non-hydrogen) atoms. The van der Waals surface area contributed by atoms with Gasteiger partial charge in [0.15, 0.2) is 0 Å². The molecular formula is C16H15FN4. The van der Waals surface area contributed by atoms with Crippen LogP contribution in [0.5, 0.6) is 0 Å². The predicted octanol–water partition coefficient (Wildman–Crippen LogP) is 2.17. The number of aryl methyl sites for hydroxylation is 1. The first kappa shape index (κ1) is 13.4. The standard InChI is InChI=1S/C16H15FN4/c1-10-13(14(18)21-15(19)20-10)6-7-16(8-9-16)11-2-4-12(17)5-3-11/h2-5H,8-9H2,1H3,(H4,18,19,20,21). The van der Waals surface area contributed by atoms with Crippen LogP contribution in [0.2, 0.25) is 0 Å². The largest absolute Gasteiger partial charge is 0.382 e. The average molecular weight is 282 g/mol. The summed E-state index contributed by atoms with van der Waals surface area (Å²) in [6.45, 7) is 1.80. The normalized spacial score (nSPS) is 15.1. The summed E-state index contributed by atoms with van der Waals surface area (Å²) in [7, 11) is 0. The second-order valence-corrected chi connectivity index (χ2v) is 5.27. The quantitative estimate of drug-likeness (QED) is 0.786. The highest BCUT2D eigenvalue weighted by Gasteiger charge is 2.42. The number of nitrogens with two attached hydrogens (primary N) is 2. The van der Waals surface area contributed by atoms with E-state index in [1.54, 1.807) is 19.1 Å². The molecule has 1 fully saturated rings. The van der Waals surface area contributed by atoms with Gasteiger partial charge in [-0.2, -0.15) is 4.98 Å². The van der Waals surface area contributed by atoms with E-state index in [9.17, 15) is 4.39 Å². The van der Waals surface area contributed by atoms with Gasteiger partial charge in [0.05, 0.1) is 16.7 Å². The molecule has 0 aliphatic heterocycles.